The molecule has 1 fully saturated rings. The Labute approximate surface area is 112 Å². The van der Waals surface area contributed by atoms with Crippen molar-refractivity contribution in [3.8, 4) is 0 Å². The minimum absolute atomic E-state index is 0.0875. The summed E-state index contributed by atoms with van der Waals surface area (Å²) in [4.78, 5) is 29.2. The highest BCUT2D eigenvalue weighted by molar-refractivity contribution is 5.85. The Kier molecular flexibility index (Phi) is 4.14. The van der Waals surface area contributed by atoms with E-state index in [0.717, 1.165) is 12.1 Å². The van der Waals surface area contributed by atoms with E-state index in [2.05, 4.69) is 4.98 Å². The number of carbonyl (C=O) groups excluding carboxylic acids is 1. The first-order chi connectivity index (χ1) is 9.09. The van der Waals surface area contributed by atoms with Gasteiger partial charge in [0.05, 0.1) is 24.1 Å². The second kappa shape index (κ2) is 5.82. The van der Waals surface area contributed by atoms with Crippen LogP contribution < -0.4 is 0 Å². The van der Waals surface area contributed by atoms with Crippen molar-refractivity contribution in [3.05, 3.63) is 30.1 Å². The number of carboxylic acid groups (broad SMARTS) is 1. The van der Waals surface area contributed by atoms with Gasteiger partial charge in [-0.15, -0.1) is 0 Å². The summed E-state index contributed by atoms with van der Waals surface area (Å²) in [6.45, 7) is 0.419. The summed E-state index contributed by atoms with van der Waals surface area (Å²) < 4.78 is 0. The highest BCUT2D eigenvalue weighted by Crippen LogP contribution is 2.33. The van der Waals surface area contributed by atoms with Gasteiger partial charge in [0, 0.05) is 13.2 Å². The first-order valence-corrected chi connectivity index (χ1v) is 6.47. The number of rotatable bonds is 4. The lowest BCUT2D eigenvalue weighted by Crippen LogP contribution is -2.36. The van der Waals surface area contributed by atoms with Crippen molar-refractivity contribution in [1.82, 2.24) is 9.88 Å². The molecule has 1 aliphatic rings. The van der Waals surface area contributed by atoms with Crippen molar-refractivity contribution in [3.63, 3.8) is 0 Å². The van der Waals surface area contributed by atoms with E-state index in [-0.39, 0.29) is 11.8 Å². The third kappa shape index (κ3) is 3.10. The van der Waals surface area contributed by atoms with E-state index >= 15 is 0 Å². The molecule has 1 saturated carbocycles. The van der Waals surface area contributed by atoms with Gasteiger partial charge in [-0.2, -0.15) is 0 Å². The van der Waals surface area contributed by atoms with Gasteiger partial charge in [-0.1, -0.05) is 12.5 Å². The largest absolute Gasteiger partial charge is 0.481 e. The third-order valence-electron chi connectivity index (χ3n) is 3.65. The number of nitrogens with zero attached hydrogens (tertiary/aromatic N) is 2. The van der Waals surface area contributed by atoms with E-state index in [1.54, 1.807) is 18.1 Å². The molecule has 0 aromatic carbocycles. The molecule has 5 heteroatoms. The monoisotopic (exact) mass is 262 g/mol. The van der Waals surface area contributed by atoms with Crippen molar-refractivity contribution in [2.45, 2.75) is 25.8 Å². The second-order valence-electron chi connectivity index (χ2n) is 5.00. The molecule has 19 heavy (non-hydrogen) atoms. The van der Waals surface area contributed by atoms with Crippen molar-refractivity contribution in [1.29, 1.82) is 0 Å². The van der Waals surface area contributed by atoms with Crippen LogP contribution in [-0.2, 0) is 16.1 Å². The minimum Gasteiger partial charge on any atom is -0.481 e. The lowest BCUT2D eigenvalue weighted by atomic mass is 9.95. The number of carboxylic acids is 1. The molecule has 1 N–H and O–H groups in total. The summed E-state index contributed by atoms with van der Waals surface area (Å²) in [6.07, 6.45) is 3.76. The molecule has 1 aromatic heterocycles. The van der Waals surface area contributed by atoms with Gasteiger partial charge in [-0.05, 0) is 25.0 Å². The third-order valence-corrected chi connectivity index (χ3v) is 3.65. The smallest absolute Gasteiger partial charge is 0.307 e. The molecule has 0 saturated heterocycles. The van der Waals surface area contributed by atoms with Crippen LogP contribution in [0.4, 0.5) is 0 Å². The normalized spacial score (nSPS) is 22.2. The molecular formula is C14H18N2O3. The Hall–Kier alpha value is -1.91. The fraction of sp³-hybridized carbons (Fsp3) is 0.500. The Bertz CT molecular complexity index is 461. The Morgan fingerprint density at radius 3 is 2.74 bits per heavy atom. The molecule has 0 spiro atoms. The standard InChI is InChI=1S/C14H18N2O3/c1-16(9-10-5-2-3-8-15-10)13(17)11-6-4-7-12(11)14(18)19/h2-3,5,8,11-12H,4,6-7,9H2,1H3,(H,18,19). The molecule has 0 bridgehead atoms. The molecule has 1 amide bonds. The zero-order valence-electron chi connectivity index (χ0n) is 11.0. The van der Waals surface area contributed by atoms with Crippen LogP contribution in [0, 0.1) is 11.8 Å². The molecule has 1 heterocycles. The van der Waals surface area contributed by atoms with Crippen LogP contribution in [0.5, 0.6) is 0 Å². The highest BCUT2D eigenvalue weighted by atomic mass is 16.4. The van der Waals surface area contributed by atoms with E-state index < -0.39 is 11.9 Å². The molecule has 1 aliphatic carbocycles. The number of hydrogen-bond acceptors (Lipinski definition) is 3. The maximum absolute atomic E-state index is 12.3. The van der Waals surface area contributed by atoms with Gasteiger partial charge < -0.3 is 10.0 Å². The van der Waals surface area contributed by atoms with Crippen molar-refractivity contribution < 1.29 is 14.7 Å². The molecule has 102 valence electrons. The first-order valence-electron chi connectivity index (χ1n) is 6.47. The minimum atomic E-state index is -0.859. The van der Waals surface area contributed by atoms with E-state index in [1.165, 1.54) is 0 Å². The van der Waals surface area contributed by atoms with Gasteiger partial charge in [0.25, 0.3) is 0 Å². The van der Waals surface area contributed by atoms with E-state index in [4.69, 9.17) is 5.11 Å². The summed E-state index contributed by atoms with van der Waals surface area (Å²) in [5.74, 6) is -1.86. The number of pyridine rings is 1. The maximum atomic E-state index is 12.3. The van der Waals surface area contributed by atoms with Crippen molar-refractivity contribution in [2.24, 2.45) is 11.8 Å². The number of amides is 1. The van der Waals surface area contributed by atoms with Crippen molar-refractivity contribution in [2.75, 3.05) is 7.05 Å². The van der Waals surface area contributed by atoms with E-state index in [0.29, 0.717) is 19.4 Å². The molecular weight excluding hydrogens is 244 g/mol. The van der Waals surface area contributed by atoms with Crippen LogP contribution in [0.1, 0.15) is 25.0 Å². The van der Waals surface area contributed by atoms with E-state index in [1.807, 2.05) is 18.2 Å². The number of carbonyl (C=O) groups is 2. The molecule has 2 unspecified atom stereocenters. The lowest BCUT2D eigenvalue weighted by molar-refractivity contribution is -0.148. The van der Waals surface area contributed by atoms with Crippen molar-refractivity contribution >= 4 is 11.9 Å². The van der Waals surface area contributed by atoms with Crippen LogP contribution in [0.2, 0.25) is 0 Å². The maximum Gasteiger partial charge on any atom is 0.307 e. The molecule has 2 rings (SSSR count). The summed E-state index contributed by atoms with van der Waals surface area (Å²) in [6, 6.07) is 5.55. The second-order valence-corrected chi connectivity index (χ2v) is 5.00. The Morgan fingerprint density at radius 2 is 2.11 bits per heavy atom. The average molecular weight is 262 g/mol. The van der Waals surface area contributed by atoms with E-state index in [9.17, 15) is 9.59 Å². The quantitative estimate of drug-likeness (QED) is 0.893. The van der Waals surface area contributed by atoms with Gasteiger partial charge in [-0.25, -0.2) is 0 Å². The fourth-order valence-electron chi connectivity index (χ4n) is 2.65. The molecule has 0 aliphatic heterocycles. The SMILES string of the molecule is CN(Cc1ccccn1)C(=O)C1CCCC1C(=O)O. The van der Waals surface area contributed by atoms with Gasteiger partial charge in [0.15, 0.2) is 0 Å². The predicted molar refractivity (Wildman–Crippen MR) is 69.2 cm³/mol. The fourth-order valence-corrected chi connectivity index (χ4v) is 2.65. The van der Waals surface area contributed by atoms with Crippen LogP contribution in [0.25, 0.3) is 0 Å². The van der Waals surface area contributed by atoms with Crippen LogP contribution in [0.3, 0.4) is 0 Å². The van der Waals surface area contributed by atoms with Gasteiger partial charge in [0.2, 0.25) is 5.91 Å². The Morgan fingerprint density at radius 1 is 1.37 bits per heavy atom. The molecule has 5 nitrogen and oxygen atoms in total. The van der Waals surface area contributed by atoms with Gasteiger partial charge in [-0.3, -0.25) is 14.6 Å². The van der Waals surface area contributed by atoms with Gasteiger partial charge >= 0.3 is 5.97 Å². The number of hydrogen-bond donors (Lipinski definition) is 1. The zero-order chi connectivity index (χ0) is 13.8. The number of aliphatic carboxylic acids is 1. The average Bonchev–Trinajstić information content (AvgIpc) is 2.88. The summed E-state index contributed by atoms with van der Waals surface area (Å²) in [7, 11) is 1.70. The van der Waals surface area contributed by atoms with Crippen LogP contribution >= 0.6 is 0 Å². The first kappa shape index (κ1) is 13.5. The lowest BCUT2D eigenvalue weighted by Gasteiger charge is -2.23. The predicted octanol–water partition coefficient (Wildman–Crippen LogP) is 1.54. The molecule has 0 radical (unpaired) electrons. The summed E-state index contributed by atoms with van der Waals surface area (Å²) in [5, 5.41) is 9.12. The topological polar surface area (TPSA) is 70.5 Å². The van der Waals surface area contributed by atoms with Crippen LogP contribution in [0.15, 0.2) is 24.4 Å². The molecule has 1 aromatic rings. The highest BCUT2D eigenvalue weighted by Gasteiger charge is 2.38. The Balaban J connectivity index is 2.01. The van der Waals surface area contributed by atoms with Crippen LogP contribution in [-0.4, -0.2) is 33.9 Å². The molecule has 2 atom stereocenters. The summed E-state index contributed by atoms with van der Waals surface area (Å²) in [5.41, 5.74) is 0.809. The summed E-state index contributed by atoms with van der Waals surface area (Å²) >= 11 is 0. The zero-order valence-corrected chi connectivity index (χ0v) is 11.0. The van der Waals surface area contributed by atoms with Gasteiger partial charge in [0.1, 0.15) is 0 Å². The number of aromatic nitrogens is 1.